The molecule has 1 aromatic rings. The molecule has 1 aliphatic rings. The third-order valence-corrected chi connectivity index (χ3v) is 3.70. The van der Waals surface area contributed by atoms with Crippen LogP contribution in [0.25, 0.3) is 0 Å². The largest absolute Gasteiger partial charge is 1.00 e. The van der Waals surface area contributed by atoms with Crippen molar-refractivity contribution in [2.45, 2.75) is 32.1 Å². The predicted molar refractivity (Wildman–Crippen MR) is 79.6 cm³/mol. The van der Waals surface area contributed by atoms with Gasteiger partial charge in [0, 0.05) is 23.7 Å². The second-order valence-corrected chi connectivity index (χ2v) is 5.50. The zero-order chi connectivity index (χ0) is 13.5. The van der Waals surface area contributed by atoms with E-state index in [1.807, 2.05) is 12.1 Å². The van der Waals surface area contributed by atoms with Crippen molar-refractivity contribution in [3.8, 4) is 0 Å². The third-order valence-electron chi connectivity index (χ3n) is 3.46. The van der Waals surface area contributed by atoms with Crippen molar-refractivity contribution in [1.82, 2.24) is 4.90 Å². The van der Waals surface area contributed by atoms with Crippen molar-refractivity contribution in [2.75, 3.05) is 25.0 Å². The molecular formula is C15H21Cl2N2O-. The average Bonchev–Trinajstić information content (AvgIpc) is 2.65. The Kier molecular flexibility index (Phi) is 7.97. The molecule has 1 saturated heterocycles. The quantitative estimate of drug-likeness (QED) is 0.880. The number of nitrogens with one attached hydrogen (secondary N) is 1. The van der Waals surface area contributed by atoms with E-state index in [0.717, 1.165) is 25.3 Å². The fraction of sp³-hybridized carbons (Fsp3) is 0.533. The van der Waals surface area contributed by atoms with Gasteiger partial charge in [0.05, 0.1) is 0 Å². The molecule has 0 atom stereocenters. The van der Waals surface area contributed by atoms with Crippen molar-refractivity contribution in [2.24, 2.45) is 0 Å². The molecule has 1 aromatic carbocycles. The SMILES string of the molecule is O=C(CCN1CCCCCC1)Nc1cccc(Cl)c1.[Cl-]. The van der Waals surface area contributed by atoms with Crippen LogP contribution in [0.3, 0.4) is 0 Å². The van der Waals surface area contributed by atoms with Gasteiger partial charge in [-0.25, -0.2) is 0 Å². The Bertz CT molecular complexity index is 418. The molecule has 1 heterocycles. The van der Waals surface area contributed by atoms with Crippen LogP contribution in [0.15, 0.2) is 24.3 Å². The smallest absolute Gasteiger partial charge is 0.225 e. The molecule has 20 heavy (non-hydrogen) atoms. The van der Waals surface area contributed by atoms with Gasteiger partial charge < -0.3 is 22.6 Å². The molecule has 0 aromatic heterocycles. The summed E-state index contributed by atoms with van der Waals surface area (Å²) in [6.07, 6.45) is 5.72. The van der Waals surface area contributed by atoms with Gasteiger partial charge in [0.2, 0.25) is 5.91 Å². The zero-order valence-electron chi connectivity index (χ0n) is 11.6. The first-order valence-corrected chi connectivity index (χ1v) is 7.39. The minimum atomic E-state index is 0. The van der Waals surface area contributed by atoms with Gasteiger partial charge in [-0.1, -0.05) is 30.5 Å². The van der Waals surface area contributed by atoms with Crippen molar-refractivity contribution in [1.29, 1.82) is 0 Å². The van der Waals surface area contributed by atoms with E-state index in [0.29, 0.717) is 11.4 Å². The molecule has 2 rings (SSSR count). The Labute approximate surface area is 132 Å². The maximum Gasteiger partial charge on any atom is 0.225 e. The van der Waals surface area contributed by atoms with Crippen molar-refractivity contribution >= 4 is 23.2 Å². The number of anilines is 1. The molecule has 3 nitrogen and oxygen atoms in total. The number of rotatable bonds is 4. The fourth-order valence-electron chi connectivity index (χ4n) is 2.41. The summed E-state index contributed by atoms with van der Waals surface area (Å²) >= 11 is 5.89. The Morgan fingerprint density at radius 1 is 1.20 bits per heavy atom. The van der Waals surface area contributed by atoms with Crippen LogP contribution in [0, 0.1) is 0 Å². The average molecular weight is 316 g/mol. The van der Waals surface area contributed by atoms with Gasteiger partial charge in [-0.05, 0) is 44.1 Å². The second kappa shape index (κ2) is 9.22. The van der Waals surface area contributed by atoms with Crippen LogP contribution in [0.2, 0.25) is 5.02 Å². The lowest BCUT2D eigenvalue weighted by Gasteiger charge is -2.19. The Hall–Kier alpha value is -0.770. The molecule has 1 fully saturated rings. The lowest BCUT2D eigenvalue weighted by molar-refractivity contribution is -0.116. The molecule has 112 valence electrons. The second-order valence-electron chi connectivity index (χ2n) is 5.06. The molecule has 5 heteroatoms. The van der Waals surface area contributed by atoms with E-state index < -0.39 is 0 Å². The van der Waals surface area contributed by atoms with Crippen molar-refractivity contribution < 1.29 is 17.2 Å². The normalized spacial score (nSPS) is 16.1. The van der Waals surface area contributed by atoms with Crippen LogP contribution in [0.4, 0.5) is 5.69 Å². The van der Waals surface area contributed by atoms with Gasteiger partial charge >= 0.3 is 0 Å². The number of nitrogens with zero attached hydrogens (tertiary/aromatic N) is 1. The van der Waals surface area contributed by atoms with Gasteiger partial charge in [-0.15, -0.1) is 0 Å². The molecule has 0 spiro atoms. The molecule has 1 aliphatic heterocycles. The van der Waals surface area contributed by atoms with E-state index in [-0.39, 0.29) is 18.3 Å². The monoisotopic (exact) mass is 315 g/mol. The molecule has 1 amide bonds. The highest BCUT2D eigenvalue weighted by molar-refractivity contribution is 6.30. The van der Waals surface area contributed by atoms with E-state index >= 15 is 0 Å². The van der Waals surface area contributed by atoms with Crippen LogP contribution in [0.1, 0.15) is 32.1 Å². The van der Waals surface area contributed by atoms with E-state index in [9.17, 15) is 4.79 Å². The molecule has 0 aliphatic carbocycles. The van der Waals surface area contributed by atoms with Crippen LogP contribution < -0.4 is 17.7 Å². The first-order chi connectivity index (χ1) is 9.24. The third kappa shape index (κ3) is 6.12. The maximum absolute atomic E-state index is 11.9. The minimum Gasteiger partial charge on any atom is -1.00 e. The highest BCUT2D eigenvalue weighted by atomic mass is 35.5. The highest BCUT2D eigenvalue weighted by Gasteiger charge is 2.10. The summed E-state index contributed by atoms with van der Waals surface area (Å²) in [5.74, 6) is 0.0616. The number of carbonyl (C=O) groups is 1. The van der Waals surface area contributed by atoms with Crippen LogP contribution in [0.5, 0.6) is 0 Å². The minimum absolute atomic E-state index is 0. The predicted octanol–water partition coefficient (Wildman–Crippen LogP) is 0.549. The van der Waals surface area contributed by atoms with Gasteiger partial charge in [0.1, 0.15) is 0 Å². The maximum atomic E-state index is 11.9. The number of benzene rings is 1. The lowest BCUT2D eigenvalue weighted by Crippen LogP contribution is -3.00. The topological polar surface area (TPSA) is 32.3 Å². The number of likely N-dealkylation sites (tertiary alicyclic amines) is 1. The van der Waals surface area contributed by atoms with Crippen molar-refractivity contribution in [3.05, 3.63) is 29.3 Å². The van der Waals surface area contributed by atoms with Gasteiger partial charge in [-0.2, -0.15) is 0 Å². The van der Waals surface area contributed by atoms with Crippen LogP contribution in [-0.4, -0.2) is 30.4 Å². The van der Waals surface area contributed by atoms with Crippen LogP contribution >= 0.6 is 11.6 Å². The molecule has 0 radical (unpaired) electrons. The first-order valence-electron chi connectivity index (χ1n) is 7.02. The Morgan fingerprint density at radius 3 is 2.55 bits per heavy atom. The molecule has 0 saturated carbocycles. The van der Waals surface area contributed by atoms with Gasteiger partial charge in [-0.3, -0.25) is 4.79 Å². The van der Waals surface area contributed by atoms with E-state index in [1.54, 1.807) is 12.1 Å². The molecule has 1 N–H and O–H groups in total. The first kappa shape index (κ1) is 17.3. The fourth-order valence-corrected chi connectivity index (χ4v) is 2.60. The molecular weight excluding hydrogens is 295 g/mol. The van der Waals surface area contributed by atoms with E-state index in [4.69, 9.17) is 11.6 Å². The number of hydrogen-bond donors (Lipinski definition) is 1. The summed E-state index contributed by atoms with van der Waals surface area (Å²) in [6.45, 7) is 3.11. The van der Waals surface area contributed by atoms with Crippen LogP contribution in [-0.2, 0) is 4.79 Å². The van der Waals surface area contributed by atoms with E-state index in [1.165, 1.54) is 25.7 Å². The summed E-state index contributed by atoms with van der Waals surface area (Å²) in [7, 11) is 0. The number of hydrogen-bond acceptors (Lipinski definition) is 2. The summed E-state index contributed by atoms with van der Waals surface area (Å²) in [5.41, 5.74) is 0.772. The number of halogens is 2. The lowest BCUT2D eigenvalue weighted by atomic mass is 10.2. The standard InChI is InChI=1S/C15H21ClN2O.ClH/c16-13-6-5-7-14(12-13)17-15(19)8-11-18-9-3-1-2-4-10-18;/h5-7,12H,1-4,8-11H2,(H,17,19);1H/p-1. The molecule has 0 unspecified atom stereocenters. The molecule has 0 bridgehead atoms. The number of carbonyl (C=O) groups excluding carboxylic acids is 1. The zero-order valence-corrected chi connectivity index (χ0v) is 13.1. The highest BCUT2D eigenvalue weighted by Crippen LogP contribution is 2.15. The summed E-state index contributed by atoms with van der Waals surface area (Å²) in [5, 5.41) is 3.53. The summed E-state index contributed by atoms with van der Waals surface area (Å²) < 4.78 is 0. The van der Waals surface area contributed by atoms with Gasteiger partial charge in [0.15, 0.2) is 0 Å². The number of amides is 1. The van der Waals surface area contributed by atoms with Crippen molar-refractivity contribution in [3.63, 3.8) is 0 Å². The summed E-state index contributed by atoms with van der Waals surface area (Å²) in [6, 6.07) is 7.27. The van der Waals surface area contributed by atoms with Gasteiger partial charge in [0.25, 0.3) is 0 Å². The summed E-state index contributed by atoms with van der Waals surface area (Å²) in [4.78, 5) is 14.3. The Balaban J connectivity index is 0.00000200. The Morgan fingerprint density at radius 2 is 1.90 bits per heavy atom. The van der Waals surface area contributed by atoms with E-state index in [2.05, 4.69) is 10.2 Å².